The predicted octanol–water partition coefficient (Wildman–Crippen LogP) is 5.84. The van der Waals surface area contributed by atoms with Crippen molar-refractivity contribution < 1.29 is 9.59 Å². The topological polar surface area (TPSA) is 86.4 Å². The fraction of sp³-hybridized carbons (Fsp3) is 0.194. The maximum atomic E-state index is 13.5. The van der Waals surface area contributed by atoms with Crippen LogP contribution < -0.4 is 20.9 Å². The van der Waals surface area contributed by atoms with Gasteiger partial charge in [-0.15, -0.1) is 0 Å². The van der Waals surface area contributed by atoms with E-state index in [0.717, 1.165) is 47.6 Å². The highest BCUT2D eigenvalue weighted by Crippen LogP contribution is 2.30. The minimum atomic E-state index is -0.358. The molecular weight excluding hydrogens is 474 g/mol. The number of pyridine rings is 1. The van der Waals surface area contributed by atoms with Crippen LogP contribution in [-0.2, 0) is 19.5 Å². The van der Waals surface area contributed by atoms with Gasteiger partial charge in [-0.1, -0.05) is 48.5 Å². The number of anilines is 3. The molecule has 38 heavy (non-hydrogen) atoms. The number of urea groups is 1. The van der Waals surface area contributed by atoms with E-state index in [1.54, 1.807) is 18.5 Å². The van der Waals surface area contributed by atoms with Crippen LogP contribution in [0.4, 0.5) is 21.9 Å². The molecule has 5 rings (SSSR count). The summed E-state index contributed by atoms with van der Waals surface area (Å²) >= 11 is 0. The minimum absolute atomic E-state index is 0.207. The molecule has 0 bridgehead atoms. The zero-order chi connectivity index (χ0) is 26.5. The quantitative estimate of drug-likeness (QED) is 0.308. The van der Waals surface area contributed by atoms with Gasteiger partial charge in [-0.25, -0.2) is 4.79 Å². The first kappa shape index (κ1) is 25.0. The smallest absolute Gasteiger partial charge is 0.323 e. The second kappa shape index (κ2) is 11.2. The van der Waals surface area contributed by atoms with Crippen molar-refractivity contribution in [1.29, 1.82) is 0 Å². The average molecular weight is 506 g/mol. The number of carbonyl (C=O) groups excluding carboxylic acids is 2. The van der Waals surface area contributed by atoms with Crippen LogP contribution in [-0.4, -0.2) is 23.5 Å². The van der Waals surface area contributed by atoms with Crippen molar-refractivity contribution >= 4 is 29.0 Å². The van der Waals surface area contributed by atoms with Crippen molar-refractivity contribution in [2.75, 3.05) is 22.1 Å². The summed E-state index contributed by atoms with van der Waals surface area (Å²) < 4.78 is 0. The van der Waals surface area contributed by atoms with Crippen molar-refractivity contribution in [2.24, 2.45) is 0 Å². The van der Waals surface area contributed by atoms with Crippen LogP contribution >= 0.6 is 0 Å². The molecule has 3 aromatic carbocycles. The van der Waals surface area contributed by atoms with Crippen LogP contribution in [0.25, 0.3) is 0 Å². The van der Waals surface area contributed by atoms with E-state index in [4.69, 9.17) is 0 Å². The molecule has 2 heterocycles. The van der Waals surface area contributed by atoms with E-state index < -0.39 is 0 Å². The lowest BCUT2D eigenvalue weighted by Gasteiger charge is -2.32. The number of fused-ring (bicyclic) bond motifs is 1. The molecule has 1 aliphatic heterocycles. The van der Waals surface area contributed by atoms with Gasteiger partial charge in [-0.05, 0) is 72.4 Å². The van der Waals surface area contributed by atoms with Crippen molar-refractivity contribution in [2.45, 2.75) is 33.4 Å². The Morgan fingerprint density at radius 3 is 2.45 bits per heavy atom. The Morgan fingerprint density at radius 2 is 1.68 bits per heavy atom. The van der Waals surface area contributed by atoms with E-state index in [-0.39, 0.29) is 11.9 Å². The molecule has 3 N–H and O–H groups in total. The molecule has 192 valence electrons. The molecule has 1 aromatic heterocycles. The largest absolute Gasteiger partial charge is 0.366 e. The van der Waals surface area contributed by atoms with E-state index >= 15 is 0 Å². The predicted molar refractivity (Wildman–Crippen MR) is 152 cm³/mol. The third kappa shape index (κ3) is 5.67. The second-order valence-electron chi connectivity index (χ2n) is 9.56. The number of nitrogens with zero attached hydrogens (tertiary/aromatic N) is 2. The monoisotopic (exact) mass is 505 g/mol. The Labute approximate surface area is 222 Å². The molecule has 3 amide bonds. The van der Waals surface area contributed by atoms with Gasteiger partial charge in [0.05, 0.1) is 5.56 Å². The Hall–Kier alpha value is -4.65. The van der Waals surface area contributed by atoms with Crippen LogP contribution in [0.1, 0.15) is 38.2 Å². The van der Waals surface area contributed by atoms with Crippen molar-refractivity contribution in [3.05, 3.63) is 119 Å². The Morgan fingerprint density at radius 1 is 0.895 bits per heavy atom. The number of hydrogen-bond acceptors (Lipinski definition) is 4. The SMILES string of the molecule is Cc1cccc(C)c1NC(=O)Nc1ccc(N2CCc3ccccc3C2)c(C(=O)NCc2cccnc2)c1. The van der Waals surface area contributed by atoms with E-state index in [1.807, 2.05) is 62.4 Å². The number of aryl methyl sites for hydroxylation is 2. The summed E-state index contributed by atoms with van der Waals surface area (Å²) in [7, 11) is 0. The van der Waals surface area contributed by atoms with Gasteiger partial charge in [0.25, 0.3) is 5.91 Å². The van der Waals surface area contributed by atoms with Crippen LogP contribution in [0, 0.1) is 13.8 Å². The van der Waals surface area contributed by atoms with Gasteiger partial charge in [0.2, 0.25) is 0 Å². The summed E-state index contributed by atoms with van der Waals surface area (Å²) in [5, 5.41) is 8.86. The summed E-state index contributed by atoms with van der Waals surface area (Å²) in [6.45, 7) is 5.80. The lowest BCUT2D eigenvalue weighted by atomic mass is 9.98. The molecule has 0 radical (unpaired) electrons. The molecule has 7 nitrogen and oxygen atoms in total. The fourth-order valence-electron chi connectivity index (χ4n) is 4.84. The lowest BCUT2D eigenvalue weighted by Crippen LogP contribution is -2.33. The summed E-state index contributed by atoms with van der Waals surface area (Å²) in [6, 6.07) is 23.2. The molecule has 1 aliphatic rings. The molecule has 7 heteroatoms. The molecule has 0 fully saturated rings. The Balaban J connectivity index is 1.39. The van der Waals surface area contributed by atoms with Crippen molar-refractivity contribution in [3.63, 3.8) is 0 Å². The van der Waals surface area contributed by atoms with Crippen molar-refractivity contribution in [1.82, 2.24) is 10.3 Å². The summed E-state index contributed by atoms with van der Waals surface area (Å²) in [5.74, 6) is -0.207. The summed E-state index contributed by atoms with van der Waals surface area (Å²) in [4.78, 5) is 32.7. The van der Waals surface area contributed by atoms with Gasteiger partial charge in [-0.3, -0.25) is 9.78 Å². The molecule has 0 unspecified atom stereocenters. The number of amides is 3. The normalized spacial score (nSPS) is 12.4. The maximum Gasteiger partial charge on any atom is 0.323 e. The average Bonchev–Trinajstić information content (AvgIpc) is 2.94. The lowest BCUT2D eigenvalue weighted by molar-refractivity contribution is 0.0951. The van der Waals surface area contributed by atoms with E-state index in [2.05, 4.69) is 44.0 Å². The van der Waals surface area contributed by atoms with Gasteiger partial charge >= 0.3 is 6.03 Å². The summed E-state index contributed by atoms with van der Waals surface area (Å²) in [5.41, 5.74) is 8.15. The number of para-hydroxylation sites is 1. The second-order valence-corrected chi connectivity index (χ2v) is 9.56. The third-order valence-corrected chi connectivity index (χ3v) is 6.87. The number of nitrogens with one attached hydrogen (secondary N) is 3. The number of rotatable bonds is 6. The highest BCUT2D eigenvalue weighted by atomic mass is 16.2. The molecule has 0 saturated heterocycles. The first-order valence-corrected chi connectivity index (χ1v) is 12.7. The molecule has 0 spiro atoms. The number of aromatic nitrogens is 1. The van der Waals surface area contributed by atoms with Gasteiger partial charge in [-0.2, -0.15) is 0 Å². The van der Waals surface area contributed by atoms with Crippen LogP contribution in [0.3, 0.4) is 0 Å². The number of carbonyl (C=O) groups is 2. The van der Waals surface area contributed by atoms with Crippen LogP contribution in [0.5, 0.6) is 0 Å². The number of benzene rings is 3. The first-order chi connectivity index (χ1) is 18.5. The Bertz CT molecular complexity index is 1450. The van der Waals surface area contributed by atoms with Gasteiger partial charge in [0, 0.05) is 49.1 Å². The van der Waals surface area contributed by atoms with E-state index in [1.165, 1.54) is 11.1 Å². The summed E-state index contributed by atoms with van der Waals surface area (Å²) in [6.07, 6.45) is 4.35. The zero-order valence-electron chi connectivity index (χ0n) is 21.6. The van der Waals surface area contributed by atoms with Gasteiger partial charge < -0.3 is 20.9 Å². The zero-order valence-corrected chi connectivity index (χ0v) is 21.6. The maximum absolute atomic E-state index is 13.5. The van der Waals surface area contributed by atoms with E-state index in [9.17, 15) is 9.59 Å². The molecule has 0 saturated carbocycles. The van der Waals surface area contributed by atoms with Crippen LogP contribution in [0.2, 0.25) is 0 Å². The third-order valence-electron chi connectivity index (χ3n) is 6.87. The molecule has 0 atom stereocenters. The van der Waals surface area contributed by atoms with Crippen molar-refractivity contribution in [3.8, 4) is 0 Å². The molecule has 0 aliphatic carbocycles. The fourth-order valence-corrected chi connectivity index (χ4v) is 4.84. The highest BCUT2D eigenvalue weighted by Gasteiger charge is 2.22. The van der Waals surface area contributed by atoms with E-state index in [0.29, 0.717) is 17.8 Å². The minimum Gasteiger partial charge on any atom is -0.366 e. The number of hydrogen-bond donors (Lipinski definition) is 3. The highest BCUT2D eigenvalue weighted by molar-refractivity contribution is 6.04. The van der Waals surface area contributed by atoms with Gasteiger partial charge in [0.1, 0.15) is 0 Å². The molecular formula is C31H31N5O2. The van der Waals surface area contributed by atoms with Gasteiger partial charge in [0.15, 0.2) is 0 Å². The van der Waals surface area contributed by atoms with Crippen LogP contribution in [0.15, 0.2) is 85.2 Å². The Kier molecular flexibility index (Phi) is 7.35. The molecule has 4 aromatic rings. The standard InChI is InChI=1S/C31H31N5O2/c1-21-7-5-8-22(2)29(21)35-31(38)34-26-12-13-28(36-16-14-24-10-3-4-11-25(24)20-36)27(17-26)30(37)33-19-23-9-6-15-32-18-23/h3-13,15,17-18H,14,16,19-20H2,1-2H3,(H,33,37)(H2,34,35,38). The first-order valence-electron chi connectivity index (χ1n) is 12.7.